The minimum absolute atomic E-state index is 0.0714. The summed E-state index contributed by atoms with van der Waals surface area (Å²) in [5.74, 6) is 1.69. The Labute approximate surface area is 195 Å². The van der Waals surface area contributed by atoms with E-state index in [2.05, 4.69) is 20.6 Å². The normalized spacial score (nSPS) is 15.7. The first kappa shape index (κ1) is 24.1. The monoisotopic (exact) mass is 448 g/mol. The van der Waals surface area contributed by atoms with Gasteiger partial charge in [-0.2, -0.15) is 5.26 Å². The van der Waals surface area contributed by atoms with E-state index in [1.54, 1.807) is 19.5 Å². The van der Waals surface area contributed by atoms with Gasteiger partial charge in [-0.1, -0.05) is 25.0 Å². The van der Waals surface area contributed by atoms with E-state index in [0.717, 1.165) is 63.0 Å². The Hall–Kier alpha value is -3.60. The number of amides is 1. The fourth-order valence-corrected chi connectivity index (χ4v) is 4.17. The zero-order valence-electron chi connectivity index (χ0n) is 19.4. The maximum atomic E-state index is 13.0. The van der Waals surface area contributed by atoms with Crippen LogP contribution in [-0.2, 0) is 0 Å². The number of rotatable bonds is 9. The van der Waals surface area contributed by atoms with Gasteiger partial charge in [-0.25, -0.2) is 0 Å². The van der Waals surface area contributed by atoms with Gasteiger partial charge in [0.15, 0.2) is 0 Å². The minimum Gasteiger partial charge on any atom is -0.496 e. The molecule has 1 saturated heterocycles. The highest BCUT2D eigenvalue weighted by atomic mass is 16.5. The third-order valence-corrected chi connectivity index (χ3v) is 5.91. The van der Waals surface area contributed by atoms with Crippen molar-refractivity contribution in [3.05, 3.63) is 53.9 Å². The number of nitrogens with one attached hydrogen (secondary N) is 2. The number of aromatic nitrogens is 1. The molecule has 0 bridgehead atoms. The number of carbonyl (C=O) groups excluding carboxylic acids is 1. The number of nitriles is 1. The molecule has 1 fully saturated rings. The van der Waals surface area contributed by atoms with Gasteiger partial charge in [0.1, 0.15) is 5.75 Å². The number of unbranched alkanes of at least 4 members (excludes halogenated alkanes) is 2. The lowest BCUT2D eigenvalue weighted by atomic mass is 10.0. The average Bonchev–Trinajstić information content (AvgIpc) is 3.30. The number of anilines is 1. The van der Waals surface area contributed by atoms with Crippen molar-refractivity contribution in [2.75, 3.05) is 32.1 Å². The van der Waals surface area contributed by atoms with Crippen LogP contribution in [0.5, 0.6) is 5.75 Å². The summed E-state index contributed by atoms with van der Waals surface area (Å²) in [6, 6.07) is 9.40. The molecule has 1 amide bonds. The Morgan fingerprint density at radius 3 is 2.94 bits per heavy atom. The molecule has 0 aliphatic carbocycles. The van der Waals surface area contributed by atoms with Crippen molar-refractivity contribution in [2.24, 2.45) is 10.9 Å². The number of benzene rings is 1. The third-order valence-electron chi connectivity index (χ3n) is 5.91. The molecule has 1 aromatic heterocycles. The van der Waals surface area contributed by atoms with Crippen molar-refractivity contribution in [3.8, 4) is 11.9 Å². The lowest BCUT2D eigenvalue weighted by molar-refractivity contribution is 0.0782. The maximum Gasteiger partial charge on any atom is 0.257 e. The second-order valence-electron chi connectivity index (χ2n) is 8.26. The first-order valence-electron chi connectivity index (χ1n) is 11.4. The van der Waals surface area contributed by atoms with Gasteiger partial charge >= 0.3 is 0 Å². The lowest BCUT2D eigenvalue weighted by Crippen LogP contribution is -2.31. The third kappa shape index (κ3) is 6.94. The quantitative estimate of drug-likeness (QED) is 0.261. The van der Waals surface area contributed by atoms with Crippen molar-refractivity contribution in [1.29, 1.82) is 5.26 Å². The Morgan fingerprint density at radius 2 is 2.18 bits per heavy atom. The van der Waals surface area contributed by atoms with Crippen LogP contribution in [0.2, 0.25) is 0 Å². The smallest absolute Gasteiger partial charge is 0.257 e. The van der Waals surface area contributed by atoms with Gasteiger partial charge in [0.2, 0.25) is 12.2 Å². The fraction of sp³-hybridized carbons (Fsp3) is 0.440. The van der Waals surface area contributed by atoms with Crippen LogP contribution in [0.15, 0.2) is 47.7 Å². The molecule has 33 heavy (non-hydrogen) atoms. The maximum absolute atomic E-state index is 13.0. The Kier molecular flexibility index (Phi) is 9.07. The molecule has 0 saturated carbocycles. The predicted octanol–water partition coefficient (Wildman–Crippen LogP) is 3.96. The van der Waals surface area contributed by atoms with E-state index in [4.69, 9.17) is 10.00 Å². The van der Waals surface area contributed by atoms with Gasteiger partial charge in [0, 0.05) is 25.8 Å². The number of carbonyl (C=O) groups is 1. The van der Waals surface area contributed by atoms with Gasteiger partial charge in [-0.05, 0) is 55.9 Å². The fourth-order valence-electron chi connectivity index (χ4n) is 4.17. The summed E-state index contributed by atoms with van der Waals surface area (Å²) < 4.78 is 5.41. The van der Waals surface area contributed by atoms with Gasteiger partial charge < -0.3 is 20.3 Å². The summed E-state index contributed by atoms with van der Waals surface area (Å²) in [6.07, 6.45) is 10.5. The van der Waals surface area contributed by atoms with Gasteiger partial charge in [-0.3, -0.25) is 9.78 Å². The Balaban J connectivity index is 1.36. The van der Waals surface area contributed by atoms with E-state index >= 15 is 0 Å². The molecule has 2 aromatic rings. The van der Waals surface area contributed by atoms with Crippen molar-refractivity contribution in [1.82, 2.24) is 15.2 Å². The topological polar surface area (TPSA) is 103 Å². The summed E-state index contributed by atoms with van der Waals surface area (Å²) in [6.45, 7) is 4.30. The van der Waals surface area contributed by atoms with Gasteiger partial charge in [0.25, 0.3) is 5.91 Å². The average molecular weight is 449 g/mol. The first-order valence-corrected chi connectivity index (χ1v) is 11.4. The number of aryl methyl sites for hydroxylation is 1. The number of likely N-dealkylation sites (tertiary alicyclic amines) is 1. The van der Waals surface area contributed by atoms with E-state index < -0.39 is 0 Å². The summed E-state index contributed by atoms with van der Waals surface area (Å²) in [7, 11) is 1.61. The molecule has 0 radical (unpaired) electrons. The van der Waals surface area contributed by atoms with Crippen LogP contribution in [0.4, 0.5) is 5.69 Å². The predicted molar refractivity (Wildman–Crippen MR) is 129 cm³/mol. The molecule has 8 nitrogen and oxygen atoms in total. The first-order chi connectivity index (χ1) is 16.1. The van der Waals surface area contributed by atoms with E-state index in [-0.39, 0.29) is 5.91 Å². The number of nitrogens with zero attached hydrogens (tertiary/aromatic N) is 4. The van der Waals surface area contributed by atoms with Crippen LogP contribution in [-0.4, -0.2) is 48.5 Å². The van der Waals surface area contributed by atoms with E-state index in [1.165, 1.54) is 0 Å². The van der Waals surface area contributed by atoms with Crippen LogP contribution in [0.25, 0.3) is 0 Å². The molecule has 0 spiro atoms. The van der Waals surface area contributed by atoms with Crippen LogP contribution in [0.3, 0.4) is 0 Å². The molecule has 8 heteroatoms. The molecule has 2 heterocycles. The highest BCUT2D eigenvalue weighted by Crippen LogP contribution is 2.28. The van der Waals surface area contributed by atoms with E-state index in [0.29, 0.717) is 23.2 Å². The molecule has 1 aliphatic rings. The molecular weight excluding hydrogens is 416 g/mol. The molecular formula is C25H32N6O2. The molecule has 2 N–H and O–H groups in total. The Morgan fingerprint density at radius 1 is 1.30 bits per heavy atom. The molecule has 3 rings (SSSR count). The standard InChI is InChI=1S/C25H32N6O2/c1-19-8-6-11-22(33-2)23(19)24(32)31-15-12-20(17-31)9-4-3-5-14-28-25(29-18-26)30-21-10-7-13-27-16-21/h6-8,10-11,13,16,20H,3-5,9,12,14-15,17H2,1-2H3,(H2,28,29,30). The van der Waals surface area contributed by atoms with Crippen LogP contribution >= 0.6 is 0 Å². The highest BCUT2D eigenvalue weighted by molar-refractivity contribution is 5.98. The molecule has 1 unspecified atom stereocenters. The van der Waals surface area contributed by atoms with Crippen LogP contribution in [0, 0.1) is 24.3 Å². The zero-order chi connectivity index (χ0) is 23.5. The summed E-state index contributed by atoms with van der Waals surface area (Å²) in [4.78, 5) is 22.9. The summed E-state index contributed by atoms with van der Waals surface area (Å²) >= 11 is 0. The van der Waals surface area contributed by atoms with Crippen LogP contribution < -0.4 is 15.4 Å². The van der Waals surface area contributed by atoms with E-state index in [9.17, 15) is 4.79 Å². The number of aliphatic imine (C=N–C) groups is 1. The van der Waals surface area contributed by atoms with Gasteiger partial charge in [0.05, 0.1) is 24.6 Å². The van der Waals surface area contributed by atoms with Crippen molar-refractivity contribution >= 4 is 17.6 Å². The molecule has 1 aliphatic heterocycles. The Bertz CT molecular complexity index is 986. The second kappa shape index (κ2) is 12.4. The highest BCUT2D eigenvalue weighted by Gasteiger charge is 2.28. The zero-order valence-corrected chi connectivity index (χ0v) is 19.4. The molecule has 174 valence electrons. The van der Waals surface area contributed by atoms with E-state index in [1.807, 2.05) is 48.3 Å². The number of hydrogen-bond donors (Lipinski definition) is 2. The SMILES string of the molecule is COc1cccc(C)c1C(=O)N1CCC(CCCCCN/C(=N/C#N)Nc2cccnc2)C1. The lowest BCUT2D eigenvalue weighted by Gasteiger charge is -2.19. The number of methoxy groups -OCH3 is 1. The largest absolute Gasteiger partial charge is 0.496 e. The number of pyridine rings is 1. The number of ether oxygens (including phenoxy) is 1. The van der Waals surface area contributed by atoms with Crippen molar-refractivity contribution in [2.45, 2.75) is 39.0 Å². The number of guanidine groups is 1. The van der Waals surface area contributed by atoms with Crippen LogP contribution in [0.1, 0.15) is 48.0 Å². The van der Waals surface area contributed by atoms with Crippen molar-refractivity contribution in [3.63, 3.8) is 0 Å². The van der Waals surface area contributed by atoms with Gasteiger partial charge in [-0.15, -0.1) is 4.99 Å². The van der Waals surface area contributed by atoms with Crippen molar-refractivity contribution < 1.29 is 9.53 Å². The summed E-state index contributed by atoms with van der Waals surface area (Å²) in [5.41, 5.74) is 2.41. The second-order valence-corrected chi connectivity index (χ2v) is 8.26. The summed E-state index contributed by atoms with van der Waals surface area (Å²) in [5, 5.41) is 15.1. The molecule has 1 atom stereocenters. The molecule has 1 aromatic carbocycles. The number of hydrogen-bond acceptors (Lipinski definition) is 5. The minimum atomic E-state index is 0.0714.